The van der Waals surface area contributed by atoms with Crippen molar-refractivity contribution in [2.45, 2.75) is 25.5 Å². The zero-order valence-electron chi connectivity index (χ0n) is 12.2. The first-order chi connectivity index (χ1) is 9.99. The summed E-state index contributed by atoms with van der Waals surface area (Å²) in [6.45, 7) is 2.51. The minimum absolute atomic E-state index is 0.0839. The number of amides is 2. The van der Waals surface area contributed by atoms with E-state index in [-0.39, 0.29) is 23.7 Å². The van der Waals surface area contributed by atoms with E-state index in [9.17, 15) is 14.7 Å². The molecule has 1 aromatic carbocycles. The van der Waals surface area contributed by atoms with Crippen LogP contribution in [0.25, 0.3) is 0 Å². The number of rotatable bonds is 5. The van der Waals surface area contributed by atoms with Gasteiger partial charge in [-0.15, -0.1) is 0 Å². The van der Waals surface area contributed by atoms with Crippen LogP contribution in [-0.2, 0) is 20.7 Å². The molecule has 0 unspecified atom stereocenters. The normalized spacial score (nSPS) is 16.2. The van der Waals surface area contributed by atoms with Crippen molar-refractivity contribution in [1.82, 2.24) is 10.2 Å². The van der Waals surface area contributed by atoms with Crippen molar-refractivity contribution in [3.05, 3.63) is 29.8 Å². The van der Waals surface area contributed by atoms with Gasteiger partial charge in [0.1, 0.15) is 11.8 Å². The van der Waals surface area contributed by atoms with E-state index in [1.54, 1.807) is 36.3 Å². The maximum atomic E-state index is 12.4. The Morgan fingerprint density at radius 2 is 2.00 bits per heavy atom. The quantitative estimate of drug-likeness (QED) is 0.818. The molecule has 6 nitrogen and oxygen atoms in total. The lowest BCUT2D eigenvalue weighted by molar-refractivity contribution is -0.146. The highest BCUT2D eigenvalue weighted by atomic mass is 16.5. The Kier molecular flexibility index (Phi) is 4.80. The molecule has 1 heterocycles. The van der Waals surface area contributed by atoms with Crippen LogP contribution in [0.5, 0.6) is 5.75 Å². The molecule has 2 rings (SSSR count). The maximum Gasteiger partial charge on any atom is 0.245 e. The zero-order valence-corrected chi connectivity index (χ0v) is 12.2. The van der Waals surface area contributed by atoms with E-state index in [0.717, 1.165) is 5.56 Å². The smallest absolute Gasteiger partial charge is 0.245 e. The van der Waals surface area contributed by atoms with Crippen LogP contribution >= 0.6 is 0 Å². The van der Waals surface area contributed by atoms with Crippen LogP contribution in [-0.4, -0.2) is 54.2 Å². The molecule has 1 aliphatic rings. The summed E-state index contributed by atoms with van der Waals surface area (Å²) in [4.78, 5) is 25.4. The van der Waals surface area contributed by atoms with E-state index in [1.807, 2.05) is 0 Å². The van der Waals surface area contributed by atoms with Crippen molar-refractivity contribution < 1.29 is 19.4 Å². The predicted octanol–water partition coefficient (Wildman–Crippen LogP) is 0.297. The molecule has 2 N–H and O–H groups in total. The Hall–Kier alpha value is -2.08. The van der Waals surface area contributed by atoms with Gasteiger partial charge in [-0.25, -0.2) is 0 Å². The molecule has 6 heteroatoms. The Balaban J connectivity index is 2.02. The third kappa shape index (κ3) is 3.95. The fraction of sp³-hybridized carbons (Fsp3) is 0.467. The van der Waals surface area contributed by atoms with Crippen LogP contribution in [0.2, 0.25) is 0 Å². The minimum Gasteiger partial charge on any atom is -0.508 e. The summed E-state index contributed by atoms with van der Waals surface area (Å²) >= 11 is 0. The second-order valence-electron chi connectivity index (χ2n) is 5.22. The summed E-state index contributed by atoms with van der Waals surface area (Å²) < 4.78 is 5.15. The Morgan fingerprint density at radius 1 is 1.38 bits per heavy atom. The summed E-state index contributed by atoms with van der Waals surface area (Å²) in [6.07, 6.45) is 0.480. The molecule has 0 spiro atoms. The molecule has 1 aliphatic heterocycles. The van der Waals surface area contributed by atoms with Crippen molar-refractivity contribution in [2.75, 3.05) is 20.2 Å². The van der Waals surface area contributed by atoms with Crippen LogP contribution < -0.4 is 5.32 Å². The van der Waals surface area contributed by atoms with Crippen LogP contribution in [0.15, 0.2) is 24.3 Å². The van der Waals surface area contributed by atoms with E-state index in [0.29, 0.717) is 19.5 Å². The highest BCUT2D eigenvalue weighted by Crippen LogP contribution is 2.16. The first kappa shape index (κ1) is 15.3. The molecule has 0 aromatic heterocycles. The summed E-state index contributed by atoms with van der Waals surface area (Å²) in [5.74, 6) is -0.172. The molecule has 0 aliphatic carbocycles. The van der Waals surface area contributed by atoms with Crippen molar-refractivity contribution in [3.8, 4) is 5.75 Å². The highest BCUT2D eigenvalue weighted by Gasteiger charge is 2.34. The largest absolute Gasteiger partial charge is 0.508 e. The molecule has 0 saturated carbocycles. The molecule has 2 amide bonds. The summed E-state index contributed by atoms with van der Waals surface area (Å²) in [5.41, 5.74) is 0.878. The summed E-state index contributed by atoms with van der Waals surface area (Å²) in [7, 11) is 1.62. The molecule has 0 bridgehead atoms. The third-order valence-corrected chi connectivity index (χ3v) is 3.54. The fourth-order valence-electron chi connectivity index (χ4n) is 2.30. The molecule has 1 saturated heterocycles. The number of carbonyl (C=O) groups excluding carboxylic acids is 2. The number of hydrogen-bond donors (Lipinski definition) is 2. The van der Waals surface area contributed by atoms with E-state index >= 15 is 0 Å². The van der Waals surface area contributed by atoms with Gasteiger partial charge in [-0.3, -0.25) is 9.59 Å². The number of ether oxygens (including phenoxy) is 1. The maximum absolute atomic E-state index is 12.4. The van der Waals surface area contributed by atoms with E-state index in [1.165, 1.54) is 6.92 Å². The average molecular weight is 292 g/mol. The monoisotopic (exact) mass is 292 g/mol. The van der Waals surface area contributed by atoms with E-state index in [2.05, 4.69) is 5.32 Å². The van der Waals surface area contributed by atoms with Gasteiger partial charge in [-0.1, -0.05) is 12.1 Å². The van der Waals surface area contributed by atoms with Gasteiger partial charge in [-0.05, 0) is 17.7 Å². The number of methoxy groups -OCH3 is 1. The van der Waals surface area contributed by atoms with E-state index < -0.39 is 6.04 Å². The van der Waals surface area contributed by atoms with Gasteiger partial charge in [0, 0.05) is 33.5 Å². The van der Waals surface area contributed by atoms with Crippen molar-refractivity contribution in [1.29, 1.82) is 0 Å². The number of phenols is 1. The third-order valence-electron chi connectivity index (χ3n) is 3.54. The average Bonchev–Trinajstić information content (AvgIpc) is 2.38. The van der Waals surface area contributed by atoms with Crippen molar-refractivity contribution in [3.63, 3.8) is 0 Å². The van der Waals surface area contributed by atoms with Crippen molar-refractivity contribution in [2.24, 2.45) is 0 Å². The summed E-state index contributed by atoms with van der Waals surface area (Å²) in [5, 5.41) is 12.0. The van der Waals surface area contributed by atoms with Crippen molar-refractivity contribution >= 4 is 11.8 Å². The fourth-order valence-corrected chi connectivity index (χ4v) is 2.30. The van der Waals surface area contributed by atoms with Crippen LogP contribution in [0.4, 0.5) is 0 Å². The van der Waals surface area contributed by atoms with Gasteiger partial charge >= 0.3 is 0 Å². The molecule has 0 radical (unpaired) electrons. The lowest BCUT2D eigenvalue weighted by atomic mass is 10.0. The lowest BCUT2D eigenvalue weighted by Crippen LogP contribution is -2.60. The van der Waals surface area contributed by atoms with Gasteiger partial charge in [0.25, 0.3) is 0 Å². The standard InChI is InChI=1S/C15H20N2O4/c1-10(18)16-14(7-11-3-5-12(19)6-4-11)15(20)17-8-13(9-17)21-2/h3-6,13-14,19H,7-9H2,1-2H3,(H,16,18)/t14-/m0/s1. The molecule has 114 valence electrons. The molecule has 1 aromatic rings. The molecular formula is C15H20N2O4. The Bertz CT molecular complexity index is 509. The Labute approximate surface area is 123 Å². The molecule has 21 heavy (non-hydrogen) atoms. The number of aromatic hydroxyl groups is 1. The number of hydrogen-bond acceptors (Lipinski definition) is 4. The highest BCUT2D eigenvalue weighted by molar-refractivity contribution is 5.87. The first-order valence-electron chi connectivity index (χ1n) is 6.86. The second-order valence-corrected chi connectivity index (χ2v) is 5.22. The van der Waals surface area contributed by atoms with Gasteiger partial charge in [0.15, 0.2) is 0 Å². The number of nitrogens with zero attached hydrogens (tertiary/aromatic N) is 1. The van der Waals surface area contributed by atoms with Crippen LogP contribution in [0.1, 0.15) is 12.5 Å². The minimum atomic E-state index is -0.593. The summed E-state index contributed by atoms with van der Waals surface area (Å²) in [6, 6.07) is 6.02. The number of carbonyl (C=O) groups is 2. The topological polar surface area (TPSA) is 78.9 Å². The lowest BCUT2D eigenvalue weighted by Gasteiger charge is -2.40. The number of phenolic OH excluding ortho intramolecular Hbond substituents is 1. The van der Waals surface area contributed by atoms with Crippen LogP contribution in [0, 0.1) is 0 Å². The first-order valence-corrected chi connectivity index (χ1v) is 6.86. The van der Waals surface area contributed by atoms with Crippen LogP contribution in [0.3, 0.4) is 0 Å². The van der Waals surface area contributed by atoms with Gasteiger partial charge < -0.3 is 20.1 Å². The number of benzene rings is 1. The second kappa shape index (κ2) is 6.58. The molecule has 1 atom stereocenters. The predicted molar refractivity (Wildman–Crippen MR) is 76.8 cm³/mol. The SMILES string of the molecule is COC1CN(C(=O)[C@H](Cc2ccc(O)cc2)NC(C)=O)C1. The van der Waals surface area contributed by atoms with Gasteiger partial charge in [-0.2, -0.15) is 0 Å². The zero-order chi connectivity index (χ0) is 15.4. The number of likely N-dealkylation sites (tertiary alicyclic amines) is 1. The molecular weight excluding hydrogens is 272 g/mol. The van der Waals surface area contributed by atoms with E-state index in [4.69, 9.17) is 4.74 Å². The van der Waals surface area contributed by atoms with Gasteiger partial charge in [0.2, 0.25) is 11.8 Å². The molecule has 1 fully saturated rings. The van der Waals surface area contributed by atoms with Gasteiger partial charge in [0.05, 0.1) is 6.10 Å². The number of nitrogens with one attached hydrogen (secondary N) is 1. The Morgan fingerprint density at radius 3 is 2.52 bits per heavy atom.